The molecule has 1 aromatic carbocycles. The molecule has 1 aromatic heterocycles. The van der Waals surface area contributed by atoms with E-state index in [1.165, 1.54) is 0 Å². The summed E-state index contributed by atoms with van der Waals surface area (Å²) in [6.07, 6.45) is 1.84. The molecule has 1 unspecified atom stereocenters. The van der Waals surface area contributed by atoms with E-state index >= 15 is 0 Å². The van der Waals surface area contributed by atoms with Crippen molar-refractivity contribution in [3.8, 4) is 5.75 Å². The van der Waals surface area contributed by atoms with E-state index in [2.05, 4.69) is 36.6 Å². The predicted molar refractivity (Wildman–Crippen MR) is 88.6 cm³/mol. The molecule has 116 valence electrons. The van der Waals surface area contributed by atoms with Gasteiger partial charge in [0.2, 0.25) is 0 Å². The van der Waals surface area contributed by atoms with Gasteiger partial charge in [-0.2, -0.15) is 0 Å². The summed E-state index contributed by atoms with van der Waals surface area (Å²) in [7, 11) is 5.88. The summed E-state index contributed by atoms with van der Waals surface area (Å²) in [6.45, 7) is 3.28. The number of imidazole rings is 1. The van der Waals surface area contributed by atoms with E-state index in [1.54, 1.807) is 7.11 Å². The summed E-state index contributed by atoms with van der Waals surface area (Å²) >= 11 is 5.95. The standard InChI is InChI=1S/C16H24ClN3O/c1-12(9-11-19(2)3)20-13-6-5-7-14(21-4)16(13)18-15(20)8-10-17/h5-7,12H,8-11H2,1-4H3. The van der Waals surface area contributed by atoms with Crippen molar-refractivity contribution in [2.24, 2.45) is 0 Å². The Hall–Kier alpha value is -1.26. The molecule has 21 heavy (non-hydrogen) atoms. The van der Waals surface area contributed by atoms with Crippen LogP contribution in [-0.4, -0.2) is 48.1 Å². The van der Waals surface area contributed by atoms with Crippen molar-refractivity contribution in [1.82, 2.24) is 14.5 Å². The number of methoxy groups -OCH3 is 1. The summed E-state index contributed by atoms with van der Waals surface area (Å²) in [4.78, 5) is 6.97. The van der Waals surface area contributed by atoms with E-state index in [0.29, 0.717) is 11.9 Å². The summed E-state index contributed by atoms with van der Waals surface area (Å²) in [5.41, 5.74) is 2.05. The zero-order valence-corrected chi connectivity index (χ0v) is 14.0. The molecule has 0 N–H and O–H groups in total. The molecule has 0 spiro atoms. The minimum atomic E-state index is 0.378. The average molecular weight is 310 g/mol. The van der Waals surface area contributed by atoms with Crippen LogP contribution in [-0.2, 0) is 6.42 Å². The van der Waals surface area contributed by atoms with Crippen molar-refractivity contribution >= 4 is 22.6 Å². The molecule has 0 amide bonds. The Balaban J connectivity index is 2.45. The van der Waals surface area contributed by atoms with Crippen LogP contribution in [0.3, 0.4) is 0 Å². The van der Waals surface area contributed by atoms with Crippen molar-refractivity contribution in [3.05, 3.63) is 24.0 Å². The lowest BCUT2D eigenvalue weighted by atomic mass is 10.2. The number of alkyl halides is 1. The van der Waals surface area contributed by atoms with Gasteiger partial charge in [-0.25, -0.2) is 4.98 Å². The number of aromatic nitrogens is 2. The molecule has 0 bridgehead atoms. The van der Waals surface area contributed by atoms with Crippen LogP contribution in [0.1, 0.15) is 25.2 Å². The van der Waals surface area contributed by atoms with Crippen LogP contribution in [0.25, 0.3) is 11.0 Å². The first kappa shape index (κ1) is 16.1. The molecule has 5 heteroatoms. The zero-order chi connectivity index (χ0) is 15.4. The molecule has 2 aromatic rings. The van der Waals surface area contributed by atoms with E-state index in [-0.39, 0.29) is 0 Å². The van der Waals surface area contributed by atoms with Crippen LogP contribution in [0, 0.1) is 0 Å². The third kappa shape index (κ3) is 3.50. The highest BCUT2D eigenvalue weighted by molar-refractivity contribution is 6.17. The molecular weight excluding hydrogens is 286 g/mol. The minimum absolute atomic E-state index is 0.378. The van der Waals surface area contributed by atoms with Gasteiger partial charge in [-0.3, -0.25) is 0 Å². The van der Waals surface area contributed by atoms with Gasteiger partial charge in [0, 0.05) is 18.3 Å². The van der Waals surface area contributed by atoms with Crippen molar-refractivity contribution in [2.75, 3.05) is 33.6 Å². The molecule has 4 nitrogen and oxygen atoms in total. The molecule has 1 atom stereocenters. The second-order valence-electron chi connectivity index (χ2n) is 5.61. The van der Waals surface area contributed by atoms with Crippen LogP contribution < -0.4 is 4.74 Å². The van der Waals surface area contributed by atoms with Gasteiger partial charge < -0.3 is 14.2 Å². The maximum atomic E-state index is 5.95. The van der Waals surface area contributed by atoms with Crippen LogP contribution >= 0.6 is 11.6 Å². The zero-order valence-electron chi connectivity index (χ0n) is 13.3. The van der Waals surface area contributed by atoms with Crippen molar-refractivity contribution in [3.63, 3.8) is 0 Å². The normalized spacial score (nSPS) is 13.0. The Bertz CT molecular complexity index is 594. The lowest BCUT2D eigenvalue weighted by molar-refractivity contribution is 0.357. The summed E-state index contributed by atoms with van der Waals surface area (Å²) in [5, 5.41) is 0. The number of hydrogen-bond donors (Lipinski definition) is 0. The Morgan fingerprint density at radius 3 is 2.76 bits per heavy atom. The number of benzene rings is 1. The van der Waals surface area contributed by atoms with Crippen LogP contribution in [0.4, 0.5) is 0 Å². The Morgan fingerprint density at radius 1 is 1.38 bits per heavy atom. The molecule has 2 rings (SSSR count). The van der Waals surface area contributed by atoms with E-state index in [4.69, 9.17) is 21.3 Å². The first-order valence-electron chi connectivity index (χ1n) is 7.33. The van der Waals surface area contributed by atoms with Gasteiger partial charge in [-0.15, -0.1) is 11.6 Å². The van der Waals surface area contributed by atoms with Crippen molar-refractivity contribution in [1.29, 1.82) is 0 Å². The van der Waals surface area contributed by atoms with Gasteiger partial charge in [-0.1, -0.05) is 6.07 Å². The fourth-order valence-corrected chi connectivity index (χ4v) is 2.80. The summed E-state index contributed by atoms with van der Waals surface area (Å²) < 4.78 is 7.74. The largest absolute Gasteiger partial charge is 0.494 e. The molecule has 0 saturated carbocycles. The molecule has 0 radical (unpaired) electrons. The number of halogens is 1. The Morgan fingerprint density at radius 2 is 2.14 bits per heavy atom. The molecule has 0 fully saturated rings. The van der Waals surface area contributed by atoms with Crippen LogP contribution in [0.2, 0.25) is 0 Å². The average Bonchev–Trinajstić information content (AvgIpc) is 2.83. The van der Waals surface area contributed by atoms with E-state index < -0.39 is 0 Å². The van der Waals surface area contributed by atoms with E-state index in [0.717, 1.165) is 42.0 Å². The number of hydrogen-bond acceptors (Lipinski definition) is 3. The summed E-state index contributed by atoms with van der Waals surface area (Å²) in [5.74, 6) is 2.43. The van der Waals surface area contributed by atoms with Crippen LogP contribution in [0.15, 0.2) is 18.2 Å². The number of aryl methyl sites for hydroxylation is 1. The second-order valence-corrected chi connectivity index (χ2v) is 5.98. The highest BCUT2D eigenvalue weighted by atomic mass is 35.5. The number of nitrogens with zero attached hydrogens (tertiary/aromatic N) is 3. The molecule has 1 heterocycles. The lowest BCUT2D eigenvalue weighted by Crippen LogP contribution is -2.18. The van der Waals surface area contributed by atoms with E-state index in [1.807, 2.05) is 12.1 Å². The second kappa shape index (κ2) is 7.14. The quantitative estimate of drug-likeness (QED) is 0.735. The first-order chi connectivity index (χ1) is 10.1. The van der Waals surface area contributed by atoms with Gasteiger partial charge >= 0.3 is 0 Å². The number of rotatable bonds is 7. The first-order valence-corrected chi connectivity index (χ1v) is 7.86. The maximum absolute atomic E-state index is 5.95. The van der Waals surface area contributed by atoms with Gasteiger partial charge in [-0.05, 0) is 46.1 Å². The number of para-hydroxylation sites is 1. The molecule has 0 aliphatic carbocycles. The molecule has 0 saturated heterocycles. The number of ether oxygens (including phenoxy) is 1. The third-order valence-electron chi connectivity index (χ3n) is 3.73. The maximum Gasteiger partial charge on any atom is 0.146 e. The number of fused-ring (bicyclic) bond motifs is 1. The molecule has 0 aliphatic heterocycles. The van der Waals surface area contributed by atoms with Crippen LogP contribution in [0.5, 0.6) is 5.75 Å². The predicted octanol–water partition coefficient (Wildman–Crippen LogP) is 3.34. The highest BCUT2D eigenvalue weighted by Gasteiger charge is 2.17. The third-order valence-corrected chi connectivity index (χ3v) is 3.92. The fraction of sp³-hybridized carbons (Fsp3) is 0.562. The lowest BCUT2D eigenvalue weighted by Gasteiger charge is -2.19. The summed E-state index contributed by atoms with van der Waals surface area (Å²) in [6, 6.07) is 6.45. The fourth-order valence-electron chi connectivity index (χ4n) is 2.63. The Labute approximate surface area is 131 Å². The molecule has 0 aliphatic rings. The minimum Gasteiger partial charge on any atom is -0.494 e. The van der Waals surface area contributed by atoms with Gasteiger partial charge in [0.25, 0.3) is 0 Å². The van der Waals surface area contributed by atoms with Crippen molar-refractivity contribution in [2.45, 2.75) is 25.8 Å². The van der Waals surface area contributed by atoms with Gasteiger partial charge in [0.15, 0.2) is 0 Å². The monoisotopic (exact) mass is 309 g/mol. The Kier molecular flexibility index (Phi) is 5.48. The van der Waals surface area contributed by atoms with Crippen molar-refractivity contribution < 1.29 is 4.74 Å². The SMILES string of the molecule is COc1cccc2c1nc(CCCl)n2C(C)CCN(C)C. The smallest absolute Gasteiger partial charge is 0.146 e. The van der Waals surface area contributed by atoms with E-state index in [9.17, 15) is 0 Å². The molecular formula is C16H24ClN3O. The van der Waals surface area contributed by atoms with Gasteiger partial charge in [0.1, 0.15) is 17.1 Å². The van der Waals surface area contributed by atoms with Gasteiger partial charge in [0.05, 0.1) is 12.6 Å². The topological polar surface area (TPSA) is 30.3 Å². The highest BCUT2D eigenvalue weighted by Crippen LogP contribution is 2.29.